The van der Waals surface area contributed by atoms with Crippen molar-refractivity contribution in [2.75, 3.05) is 13.1 Å². The van der Waals surface area contributed by atoms with Crippen molar-refractivity contribution in [1.82, 2.24) is 9.80 Å². The first-order valence-corrected chi connectivity index (χ1v) is 9.84. The minimum Gasteiger partial charge on any atom is -0.461 e. The van der Waals surface area contributed by atoms with Crippen LogP contribution in [0.5, 0.6) is 0 Å². The summed E-state index contributed by atoms with van der Waals surface area (Å²) in [6, 6.07) is 6.04. The van der Waals surface area contributed by atoms with Crippen LogP contribution in [-0.4, -0.2) is 34.8 Å². The number of piperidine rings is 1. The molecule has 5 N–H and O–H groups in total. The van der Waals surface area contributed by atoms with E-state index in [1.165, 1.54) is 6.20 Å². The molecule has 0 spiro atoms. The molecule has 7 nitrogen and oxygen atoms in total. The lowest BCUT2D eigenvalue weighted by Gasteiger charge is -2.33. The van der Waals surface area contributed by atoms with E-state index >= 15 is 0 Å². The van der Waals surface area contributed by atoms with Gasteiger partial charge in [0.1, 0.15) is 6.61 Å². The molecular formula is C22H29N5O2. The maximum absolute atomic E-state index is 12.5. The summed E-state index contributed by atoms with van der Waals surface area (Å²) < 4.78 is 5.59. The molecular weight excluding hydrogens is 366 g/mol. The number of rotatable bonds is 6. The van der Waals surface area contributed by atoms with Gasteiger partial charge in [0, 0.05) is 31.9 Å². The number of hydrogen-bond acceptors (Lipinski definition) is 5. The first-order chi connectivity index (χ1) is 14.0. The van der Waals surface area contributed by atoms with Gasteiger partial charge < -0.3 is 26.0 Å². The highest BCUT2D eigenvalue weighted by Crippen LogP contribution is 2.25. The van der Waals surface area contributed by atoms with Gasteiger partial charge in [-0.15, -0.1) is 0 Å². The fourth-order valence-corrected chi connectivity index (χ4v) is 3.84. The second kappa shape index (κ2) is 9.32. The van der Waals surface area contributed by atoms with Crippen molar-refractivity contribution in [3.8, 4) is 0 Å². The van der Waals surface area contributed by atoms with Crippen molar-refractivity contribution in [2.45, 2.75) is 32.5 Å². The number of benzene rings is 1. The summed E-state index contributed by atoms with van der Waals surface area (Å²) in [5.41, 5.74) is 15.4. The molecule has 0 amide bonds. The molecule has 0 atom stereocenters. The number of carbonyl (C=O) groups excluding carboxylic acids is 1. The number of guanidine groups is 1. The summed E-state index contributed by atoms with van der Waals surface area (Å²) in [4.78, 5) is 16.5. The molecule has 0 aliphatic carbocycles. The number of nitrogens with two attached hydrogens (primary N) is 2. The third-order valence-corrected chi connectivity index (χ3v) is 5.46. The van der Waals surface area contributed by atoms with Crippen LogP contribution >= 0.6 is 0 Å². The predicted molar refractivity (Wildman–Crippen MR) is 113 cm³/mol. The molecule has 0 bridgehead atoms. The van der Waals surface area contributed by atoms with Crippen LogP contribution in [0.3, 0.4) is 0 Å². The lowest BCUT2D eigenvalue weighted by molar-refractivity contribution is -0.151. The SMILES string of the molecule is C=C/C=C(\C=C/N)N1CCC(C(=O)OCc2ccc3c(c2)CN(C(=N)N)C3)CC1. The van der Waals surface area contributed by atoms with Crippen molar-refractivity contribution in [1.29, 1.82) is 5.41 Å². The Morgan fingerprint density at radius 3 is 2.62 bits per heavy atom. The summed E-state index contributed by atoms with van der Waals surface area (Å²) in [6.07, 6.45) is 8.53. The Labute approximate surface area is 171 Å². The Balaban J connectivity index is 1.50. The molecule has 154 valence electrons. The second-order valence-electron chi connectivity index (χ2n) is 7.40. The first-order valence-electron chi connectivity index (χ1n) is 9.84. The Kier molecular flexibility index (Phi) is 6.59. The molecule has 1 saturated heterocycles. The largest absolute Gasteiger partial charge is 0.461 e. The monoisotopic (exact) mass is 395 g/mol. The van der Waals surface area contributed by atoms with E-state index in [-0.39, 0.29) is 24.5 Å². The average Bonchev–Trinajstić information content (AvgIpc) is 3.16. The number of allylic oxidation sites excluding steroid dienone is 3. The molecule has 1 aromatic rings. The minimum atomic E-state index is -0.140. The van der Waals surface area contributed by atoms with Gasteiger partial charge in [-0.25, -0.2) is 0 Å². The van der Waals surface area contributed by atoms with Gasteiger partial charge in [-0.05, 0) is 47.9 Å². The molecule has 29 heavy (non-hydrogen) atoms. The van der Waals surface area contributed by atoms with Crippen molar-refractivity contribution < 1.29 is 9.53 Å². The van der Waals surface area contributed by atoms with Gasteiger partial charge in [-0.2, -0.15) is 0 Å². The van der Waals surface area contributed by atoms with Crippen LogP contribution < -0.4 is 11.5 Å². The van der Waals surface area contributed by atoms with E-state index in [9.17, 15) is 4.79 Å². The van der Waals surface area contributed by atoms with E-state index in [2.05, 4.69) is 11.5 Å². The lowest BCUT2D eigenvalue weighted by atomic mass is 9.96. The number of carbonyl (C=O) groups is 1. The lowest BCUT2D eigenvalue weighted by Crippen LogP contribution is -2.36. The smallest absolute Gasteiger partial charge is 0.309 e. The highest BCUT2D eigenvalue weighted by Gasteiger charge is 2.27. The molecule has 2 heterocycles. The van der Waals surface area contributed by atoms with Gasteiger partial charge in [-0.3, -0.25) is 10.2 Å². The molecule has 7 heteroatoms. The molecule has 3 rings (SSSR count). The maximum atomic E-state index is 12.5. The van der Waals surface area contributed by atoms with Crippen LogP contribution in [0.25, 0.3) is 0 Å². The third-order valence-electron chi connectivity index (χ3n) is 5.46. The van der Waals surface area contributed by atoms with Gasteiger partial charge >= 0.3 is 5.97 Å². The van der Waals surface area contributed by atoms with E-state index in [0.717, 1.165) is 48.3 Å². The Bertz CT molecular complexity index is 838. The second-order valence-corrected chi connectivity index (χ2v) is 7.40. The highest BCUT2D eigenvalue weighted by atomic mass is 16.5. The molecule has 0 radical (unpaired) electrons. The topological polar surface area (TPSA) is 109 Å². The number of hydrogen-bond donors (Lipinski definition) is 3. The van der Waals surface area contributed by atoms with Gasteiger partial charge in [0.2, 0.25) is 0 Å². The summed E-state index contributed by atoms with van der Waals surface area (Å²) in [5.74, 6) is -0.145. The predicted octanol–water partition coefficient (Wildman–Crippen LogP) is 2.19. The fraction of sp³-hybridized carbons (Fsp3) is 0.364. The zero-order valence-electron chi connectivity index (χ0n) is 16.6. The van der Waals surface area contributed by atoms with Crippen molar-refractivity contribution >= 4 is 11.9 Å². The molecule has 0 saturated carbocycles. The Morgan fingerprint density at radius 2 is 1.97 bits per heavy atom. The summed E-state index contributed by atoms with van der Waals surface area (Å²) in [5, 5.41) is 7.57. The van der Waals surface area contributed by atoms with Crippen LogP contribution in [0.2, 0.25) is 0 Å². The third kappa shape index (κ3) is 4.99. The van der Waals surface area contributed by atoms with Crippen LogP contribution in [-0.2, 0) is 29.2 Å². The van der Waals surface area contributed by atoms with E-state index in [0.29, 0.717) is 13.1 Å². The standard InChI is InChI=1S/C22H29N5O2/c1-2-3-20(6-9-23)26-10-7-17(8-11-26)21(28)29-15-16-4-5-18-13-27(22(24)25)14-19(18)12-16/h2-6,9,12,17H,1,7-8,10-11,13-15,23H2,(H3,24,25)/b9-6-,20-3+. The van der Waals surface area contributed by atoms with E-state index in [1.807, 2.05) is 35.3 Å². The molecule has 1 fully saturated rings. The fourth-order valence-electron chi connectivity index (χ4n) is 3.84. The summed E-state index contributed by atoms with van der Waals surface area (Å²) in [6.45, 7) is 6.85. The summed E-state index contributed by atoms with van der Waals surface area (Å²) >= 11 is 0. The normalized spacial score (nSPS) is 17.4. The Hall–Kier alpha value is -3.22. The minimum absolute atomic E-state index is 0.0774. The first kappa shape index (κ1) is 20.5. The van der Waals surface area contributed by atoms with Crippen molar-refractivity contribution in [2.24, 2.45) is 17.4 Å². The Morgan fingerprint density at radius 1 is 1.24 bits per heavy atom. The van der Waals surface area contributed by atoms with Crippen LogP contribution in [0.1, 0.15) is 29.5 Å². The van der Waals surface area contributed by atoms with E-state index in [1.54, 1.807) is 6.08 Å². The van der Waals surface area contributed by atoms with E-state index < -0.39 is 0 Å². The van der Waals surface area contributed by atoms with Crippen LogP contribution in [0.4, 0.5) is 0 Å². The number of nitrogens with one attached hydrogen (secondary N) is 1. The van der Waals surface area contributed by atoms with Crippen molar-refractivity contribution in [3.63, 3.8) is 0 Å². The number of esters is 1. The zero-order valence-corrected chi connectivity index (χ0v) is 16.6. The molecule has 0 aromatic heterocycles. The molecule has 1 aromatic carbocycles. The number of fused-ring (bicyclic) bond motifs is 1. The molecule has 2 aliphatic heterocycles. The van der Waals surface area contributed by atoms with Gasteiger partial charge in [0.05, 0.1) is 5.92 Å². The van der Waals surface area contributed by atoms with E-state index in [4.69, 9.17) is 21.6 Å². The maximum Gasteiger partial charge on any atom is 0.309 e. The summed E-state index contributed by atoms with van der Waals surface area (Å²) in [7, 11) is 0. The number of ether oxygens (including phenoxy) is 1. The molecule has 0 unspecified atom stereocenters. The average molecular weight is 396 g/mol. The quantitative estimate of drug-likeness (QED) is 0.295. The van der Waals surface area contributed by atoms with Crippen molar-refractivity contribution in [3.05, 3.63) is 71.6 Å². The number of nitrogens with zero attached hydrogens (tertiary/aromatic N) is 2. The van der Waals surface area contributed by atoms with Gasteiger partial charge in [0.25, 0.3) is 0 Å². The molecule has 2 aliphatic rings. The highest BCUT2D eigenvalue weighted by molar-refractivity contribution is 5.75. The zero-order chi connectivity index (χ0) is 20.8. The van der Waals surface area contributed by atoms with Crippen LogP contribution in [0.15, 0.2) is 54.9 Å². The van der Waals surface area contributed by atoms with Gasteiger partial charge in [-0.1, -0.05) is 30.9 Å². The number of likely N-dealkylation sites (tertiary alicyclic amines) is 1. The van der Waals surface area contributed by atoms with Crippen LogP contribution in [0, 0.1) is 11.3 Å². The van der Waals surface area contributed by atoms with Gasteiger partial charge in [0.15, 0.2) is 5.96 Å².